The molecule has 0 aromatic heterocycles. The van der Waals surface area contributed by atoms with Gasteiger partial charge in [0.15, 0.2) is 0 Å². The van der Waals surface area contributed by atoms with Crippen LogP contribution in [-0.2, 0) is 0 Å². The molecule has 0 radical (unpaired) electrons. The Balaban J connectivity index is 2.06. The van der Waals surface area contributed by atoms with Crippen LogP contribution in [0, 0.1) is 0 Å². The summed E-state index contributed by atoms with van der Waals surface area (Å²) in [5, 5.41) is 4.34. The average Bonchev–Trinajstić information content (AvgIpc) is 2.46. The van der Waals surface area contributed by atoms with Crippen LogP contribution in [0.3, 0.4) is 0 Å². The van der Waals surface area contributed by atoms with Gasteiger partial charge in [0, 0.05) is 26.2 Å². The molecule has 0 fully saturated rings. The van der Waals surface area contributed by atoms with Crippen molar-refractivity contribution in [1.29, 1.82) is 0 Å². The minimum absolute atomic E-state index is 0.266. The Bertz CT molecular complexity index is 544. The van der Waals surface area contributed by atoms with Crippen LogP contribution in [0.4, 0.5) is 0 Å². The standard InChI is InChI=1S/C16H17BrClNS/c1-2-19-16(14-5-3-4-6-15(14)18)11-20-13-9-7-12(17)8-10-13/h3-10,16,19H,2,11H2,1H3. The van der Waals surface area contributed by atoms with E-state index in [1.807, 2.05) is 30.0 Å². The molecule has 0 aliphatic rings. The fraction of sp³-hybridized carbons (Fsp3) is 0.250. The minimum Gasteiger partial charge on any atom is -0.309 e. The maximum atomic E-state index is 6.30. The molecule has 2 aromatic carbocycles. The molecular formula is C16H17BrClNS. The molecule has 106 valence electrons. The summed E-state index contributed by atoms with van der Waals surface area (Å²) in [7, 11) is 0. The van der Waals surface area contributed by atoms with E-state index in [4.69, 9.17) is 11.6 Å². The Labute approximate surface area is 138 Å². The van der Waals surface area contributed by atoms with Crippen molar-refractivity contribution in [1.82, 2.24) is 5.32 Å². The molecule has 0 aliphatic heterocycles. The Morgan fingerprint density at radius 3 is 2.50 bits per heavy atom. The van der Waals surface area contributed by atoms with Gasteiger partial charge in [0.05, 0.1) is 0 Å². The molecule has 2 rings (SSSR count). The maximum absolute atomic E-state index is 6.30. The van der Waals surface area contributed by atoms with Gasteiger partial charge in [-0.25, -0.2) is 0 Å². The molecule has 1 nitrogen and oxygen atoms in total. The summed E-state index contributed by atoms with van der Waals surface area (Å²) >= 11 is 11.6. The lowest BCUT2D eigenvalue weighted by molar-refractivity contribution is 0.606. The zero-order chi connectivity index (χ0) is 14.4. The van der Waals surface area contributed by atoms with Crippen LogP contribution >= 0.6 is 39.3 Å². The SMILES string of the molecule is CCNC(CSc1ccc(Br)cc1)c1ccccc1Cl. The second-order valence-corrected chi connectivity index (χ2v) is 6.81. The predicted octanol–water partition coefficient (Wildman–Crippen LogP) is 5.55. The first-order valence-electron chi connectivity index (χ1n) is 6.57. The minimum atomic E-state index is 0.266. The molecule has 0 aliphatic carbocycles. The summed E-state index contributed by atoms with van der Waals surface area (Å²) in [6.45, 7) is 3.05. The largest absolute Gasteiger partial charge is 0.309 e. The Kier molecular flexibility index (Phi) is 6.43. The van der Waals surface area contributed by atoms with Crippen molar-refractivity contribution in [3.63, 3.8) is 0 Å². The van der Waals surface area contributed by atoms with Crippen LogP contribution in [0.5, 0.6) is 0 Å². The van der Waals surface area contributed by atoms with E-state index in [0.29, 0.717) is 0 Å². The van der Waals surface area contributed by atoms with Gasteiger partial charge in [-0.05, 0) is 42.4 Å². The first kappa shape index (κ1) is 15.9. The van der Waals surface area contributed by atoms with Gasteiger partial charge in [0.25, 0.3) is 0 Å². The highest BCUT2D eigenvalue weighted by Crippen LogP contribution is 2.29. The van der Waals surface area contributed by atoms with E-state index in [0.717, 1.165) is 21.8 Å². The number of hydrogen-bond acceptors (Lipinski definition) is 2. The smallest absolute Gasteiger partial charge is 0.0454 e. The first-order valence-corrected chi connectivity index (χ1v) is 8.72. The predicted molar refractivity (Wildman–Crippen MR) is 92.7 cm³/mol. The van der Waals surface area contributed by atoms with Gasteiger partial charge in [-0.2, -0.15) is 0 Å². The highest BCUT2D eigenvalue weighted by atomic mass is 79.9. The lowest BCUT2D eigenvalue weighted by atomic mass is 10.1. The van der Waals surface area contributed by atoms with Crippen LogP contribution in [0.15, 0.2) is 57.9 Å². The number of nitrogens with one attached hydrogen (secondary N) is 1. The van der Waals surface area contributed by atoms with Crippen molar-refractivity contribution in [2.75, 3.05) is 12.3 Å². The zero-order valence-electron chi connectivity index (χ0n) is 11.3. The Morgan fingerprint density at radius 1 is 1.15 bits per heavy atom. The molecule has 0 amide bonds. The number of halogens is 2. The van der Waals surface area contributed by atoms with Gasteiger partial charge in [-0.1, -0.05) is 52.7 Å². The van der Waals surface area contributed by atoms with Crippen molar-refractivity contribution in [2.24, 2.45) is 0 Å². The Hall–Kier alpha value is -0.480. The third-order valence-corrected chi connectivity index (χ3v) is 4.94. The highest BCUT2D eigenvalue weighted by Gasteiger charge is 2.13. The van der Waals surface area contributed by atoms with Crippen molar-refractivity contribution < 1.29 is 0 Å². The molecule has 2 aromatic rings. The number of thioether (sulfide) groups is 1. The van der Waals surface area contributed by atoms with Gasteiger partial charge in [-0.15, -0.1) is 11.8 Å². The van der Waals surface area contributed by atoms with Crippen molar-refractivity contribution in [3.05, 3.63) is 63.6 Å². The highest BCUT2D eigenvalue weighted by molar-refractivity contribution is 9.10. The van der Waals surface area contributed by atoms with E-state index in [-0.39, 0.29) is 6.04 Å². The third kappa shape index (κ3) is 4.52. The van der Waals surface area contributed by atoms with Crippen molar-refractivity contribution >= 4 is 39.3 Å². The second kappa shape index (κ2) is 8.08. The summed E-state index contributed by atoms with van der Waals surface area (Å²) < 4.78 is 1.11. The molecule has 0 saturated heterocycles. The van der Waals surface area contributed by atoms with E-state index in [1.165, 1.54) is 10.5 Å². The summed E-state index contributed by atoms with van der Waals surface area (Å²) in [4.78, 5) is 1.27. The van der Waals surface area contributed by atoms with Crippen molar-refractivity contribution in [3.8, 4) is 0 Å². The van der Waals surface area contributed by atoms with Crippen LogP contribution in [0.2, 0.25) is 5.02 Å². The lowest BCUT2D eigenvalue weighted by Gasteiger charge is -2.19. The van der Waals surface area contributed by atoms with E-state index < -0.39 is 0 Å². The molecular weight excluding hydrogens is 354 g/mol. The van der Waals surface area contributed by atoms with E-state index in [2.05, 4.69) is 58.5 Å². The molecule has 20 heavy (non-hydrogen) atoms. The molecule has 0 saturated carbocycles. The summed E-state index contributed by atoms with van der Waals surface area (Å²) in [5.74, 6) is 0.958. The quantitative estimate of drug-likeness (QED) is 0.669. The monoisotopic (exact) mass is 369 g/mol. The first-order chi connectivity index (χ1) is 9.70. The zero-order valence-corrected chi connectivity index (χ0v) is 14.4. The fourth-order valence-electron chi connectivity index (χ4n) is 1.97. The van der Waals surface area contributed by atoms with E-state index in [1.54, 1.807) is 0 Å². The second-order valence-electron chi connectivity index (χ2n) is 4.40. The molecule has 1 unspecified atom stereocenters. The van der Waals surface area contributed by atoms with Gasteiger partial charge in [0.1, 0.15) is 0 Å². The number of benzene rings is 2. The fourth-order valence-corrected chi connectivity index (χ4v) is 3.49. The summed E-state index contributed by atoms with van der Waals surface area (Å²) in [6, 6.07) is 16.7. The molecule has 0 heterocycles. The van der Waals surface area contributed by atoms with E-state index in [9.17, 15) is 0 Å². The van der Waals surface area contributed by atoms with Gasteiger partial charge in [-0.3, -0.25) is 0 Å². The summed E-state index contributed by atoms with van der Waals surface area (Å²) in [6.07, 6.45) is 0. The van der Waals surface area contributed by atoms with Crippen LogP contribution in [-0.4, -0.2) is 12.3 Å². The van der Waals surface area contributed by atoms with Gasteiger partial charge < -0.3 is 5.32 Å². The third-order valence-electron chi connectivity index (χ3n) is 2.96. The maximum Gasteiger partial charge on any atom is 0.0454 e. The topological polar surface area (TPSA) is 12.0 Å². The van der Waals surface area contributed by atoms with Crippen LogP contribution < -0.4 is 5.32 Å². The molecule has 0 bridgehead atoms. The normalized spacial score (nSPS) is 12.3. The van der Waals surface area contributed by atoms with Crippen LogP contribution in [0.25, 0.3) is 0 Å². The number of hydrogen-bond donors (Lipinski definition) is 1. The number of rotatable bonds is 6. The lowest BCUT2D eigenvalue weighted by Crippen LogP contribution is -2.23. The van der Waals surface area contributed by atoms with Gasteiger partial charge in [0.2, 0.25) is 0 Å². The van der Waals surface area contributed by atoms with Crippen molar-refractivity contribution in [2.45, 2.75) is 17.9 Å². The molecule has 1 N–H and O–H groups in total. The van der Waals surface area contributed by atoms with Crippen LogP contribution in [0.1, 0.15) is 18.5 Å². The van der Waals surface area contributed by atoms with E-state index >= 15 is 0 Å². The molecule has 4 heteroatoms. The molecule has 0 spiro atoms. The molecule has 1 atom stereocenters. The van der Waals surface area contributed by atoms with Gasteiger partial charge >= 0.3 is 0 Å². The summed E-state index contributed by atoms with van der Waals surface area (Å²) in [5.41, 5.74) is 1.17. The Morgan fingerprint density at radius 2 is 1.85 bits per heavy atom. The average molecular weight is 371 g/mol.